The van der Waals surface area contributed by atoms with E-state index in [9.17, 15) is 9.59 Å². The van der Waals surface area contributed by atoms with Crippen LogP contribution in [-0.4, -0.2) is 55.0 Å². The van der Waals surface area contributed by atoms with Gasteiger partial charge in [0.25, 0.3) is 5.91 Å². The van der Waals surface area contributed by atoms with Gasteiger partial charge in [-0.05, 0) is 66.5 Å². The number of nitrogens with zero attached hydrogens (tertiary/aromatic N) is 2. The third-order valence-electron chi connectivity index (χ3n) is 6.69. The Bertz CT molecular complexity index is 1170. The second-order valence-corrected chi connectivity index (χ2v) is 10.1. The van der Waals surface area contributed by atoms with Crippen LogP contribution in [0.25, 0.3) is 0 Å². The van der Waals surface area contributed by atoms with Gasteiger partial charge in [-0.1, -0.05) is 30.3 Å². The fourth-order valence-electron chi connectivity index (χ4n) is 4.63. The predicted octanol–water partition coefficient (Wildman–Crippen LogP) is 4.81. The molecular formula is C28H30N2O4S. The SMILES string of the molecule is COc1ccccc1OCC1c2ccsc2CCN1C(=O)CN(CC1CC1)C(=O)c1ccccc1. The number of fused-ring (bicyclic) bond motifs is 1. The van der Waals surface area contributed by atoms with Gasteiger partial charge in [0.1, 0.15) is 13.2 Å². The summed E-state index contributed by atoms with van der Waals surface area (Å²) in [5, 5.41) is 2.08. The van der Waals surface area contributed by atoms with E-state index in [0.717, 1.165) is 24.8 Å². The van der Waals surface area contributed by atoms with Crippen LogP contribution in [0.2, 0.25) is 0 Å². The molecule has 6 nitrogen and oxygen atoms in total. The largest absolute Gasteiger partial charge is 0.493 e. The molecule has 1 atom stereocenters. The lowest BCUT2D eigenvalue weighted by Crippen LogP contribution is -2.48. The van der Waals surface area contributed by atoms with Gasteiger partial charge >= 0.3 is 0 Å². The third-order valence-corrected chi connectivity index (χ3v) is 7.69. The minimum atomic E-state index is -0.211. The number of rotatable bonds is 9. The number of para-hydroxylation sites is 2. The molecule has 2 aliphatic rings. The van der Waals surface area contributed by atoms with Gasteiger partial charge in [-0.15, -0.1) is 11.3 Å². The lowest BCUT2D eigenvalue weighted by molar-refractivity contribution is -0.135. The molecule has 5 rings (SSSR count). The van der Waals surface area contributed by atoms with E-state index in [2.05, 4.69) is 11.4 Å². The van der Waals surface area contributed by atoms with Crippen LogP contribution >= 0.6 is 11.3 Å². The monoisotopic (exact) mass is 490 g/mol. The van der Waals surface area contributed by atoms with Crippen molar-refractivity contribution in [2.24, 2.45) is 5.92 Å². The molecule has 1 aromatic heterocycles. The quantitative estimate of drug-likeness (QED) is 0.432. The molecule has 2 amide bonds. The van der Waals surface area contributed by atoms with Crippen LogP contribution in [0, 0.1) is 5.92 Å². The van der Waals surface area contributed by atoms with Crippen molar-refractivity contribution in [3.8, 4) is 11.5 Å². The lowest BCUT2D eigenvalue weighted by atomic mass is 10.00. The first-order chi connectivity index (χ1) is 17.1. The highest BCUT2D eigenvalue weighted by atomic mass is 32.1. The van der Waals surface area contributed by atoms with E-state index in [4.69, 9.17) is 9.47 Å². The highest BCUT2D eigenvalue weighted by Crippen LogP contribution is 2.36. The van der Waals surface area contributed by atoms with Gasteiger partial charge in [-0.25, -0.2) is 0 Å². The van der Waals surface area contributed by atoms with E-state index < -0.39 is 0 Å². The predicted molar refractivity (Wildman–Crippen MR) is 136 cm³/mol. The molecule has 182 valence electrons. The number of hydrogen-bond acceptors (Lipinski definition) is 5. The van der Waals surface area contributed by atoms with Crippen molar-refractivity contribution in [1.29, 1.82) is 0 Å². The van der Waals surface area contributed by atoms with Crippen LogP contribution in [0.1, 0.15) is 39.7 Å². The molecule has 0 spiro atoms. The standard InChI is InChI=1S/C28H30N2O4S/c1-33-24-9-5-6-10-25(24)34-19-23-22-14-16-35-26(22)13-15-30(23)27(31)18-29(17-20-11-12-20)28(32)21-7-3-2-4-8-21/h2-10,14,16,20,23H,11-13,15,17-19H2,1H3. The Balaban J connectivity index is 1.35. The Morgan fingerprint density at radius 3 is 2.51 bits per heavy atom. The zero-order valence-electron chi connectivity index (χ0n) is 19.9. The molecule has 1 aliphatic heterocycles. The van der Waals surface area contributed by atoms with Crippen LogP contribution in [0.3, 0.4) is 0 Å². The first kappa shape index (κ1) is 23.4. The molecule has 35 heavy (non-hydrogen) atoms. The average molecular weight is 491 g/mol. The molecule has 2 heterocycles. The number of benzene rings is 2. The number of hydrogen-bond donors (Lipinski definition) is 0. The summed E-state index contributed by atoms with van der Waals surface area (Å²) >= 11 is 1.72. The van der Waals surface area contributed by atoms with E-state index in [-0.39, 0.29) is 24.4 Å². The Morgan fingerprint density at radius 1 is 1.03 bits per heavy atom. The first-order valence-corrected chi connectivity index (χ1v) is 13.0. The van der Waals surface area contributed by atoms with Gasteiger partial charge in [0, 0.05) is 23.5 Å². The normalized spacial score (nSPS) is 16.9. The van der Waals surface area contributed by atoms with Crippen molar-refractivity contribution in [2.45, 2.75) is 25.3 Å². The number of carbonyl (C=O) groups excluding carboxylic acids is 2. The summed E-state index contributed by atoms with van der Waals surface area (Å²) in [6.45, 7) is 1.64. The van der Waals surface area contributed by atoms with E-state index in [0.29, 0.717) is 42.7 Å². The van der Waals surface area contributed by atoms with E-state index in [1.807, 2.05) is 59.5 Å². The van der Waals surface area contributed by atoms with Crippen LogP contribution < -0.4 is 9.47 Å². The van der Waals surface area contributed by atoms with Crippen LogP contribution in [0.5, 0.6) is 11.5 Å². The molecular weight excluding hydrogens is 460 g/mol. The minimum Gasteiger partial charge on any atom is -0.493 e. The van der Waals surface area contributed by atoms with Crippen molar-refractivity contribution in [1.82, 2.24) is 9.80 Å². The van der Waals surface area contributed by atoms with Crippen LogP contribution in [-0.2, 0) is 11.2 Å². The molecule has 7 heteroatoms. The van der Waals surface area contributed by atoms with Gasteiger partial charge < -0.3 is 19.3 Å². The van der Waals surface area contributed by atoms with Gasteiger partial charge in [-0.3, -0.25) is 9.59 Å². The number of thiophene rings is 1. The van der Waals surface area contributed by atoms with E-state index in [1.54, 1.807) is 23.3 Å². The van der Waals surface area contributed by atoms with Crippen molar-refractivity contribution < 1.29 is 19.1 Å². The summed E-state index contributed by atoms with van der Waals surface area (Å²) in [7, 11) is 1.62. The van der Waals surface area contributed by atoms with Crippen LogP contribution in [0.4, 0.5) is 0 Å². The first-order valence-electron chi connectivity index (χ1n) is 12.1. The summed E-state index contributed by atoms with van der Waals surface area (Å²) in [6.07, 6.45) is 3.05. The number of methoxy groups -OCH3 is 1. The van der Waals surface area contributed by atoms with E-state index >= 15 is 0 Å². The Morgan fingerprint density at radius 2 is 1.77 bits per heavy atom. The summed E-state index contributed by atoms with van der Waals surface area (Å²) in [4.78, 5) is 31.9. The molecule has 1 aliphatic carbocycles. The summed E-state index contributed by atoms with van der Waals surface area (Å²) in [5.74, 6) is 1.68. The van der Waals surface area contributed by atoms with E-state index in [1.165, 1.54) is 4.88 Å². The van der Waals surface area contributed by atoms with Gasteiger partial charge in [0.15, 0.2) is 11.5 Å². The van der Waals surface area contributed by atoms with Crippen LogP contribution in [0.15, 0.2) is 66.0 Å². The summed E-state index contributed by atoms with van der Waals surface area (Å²) < 4.78 is 11.6. The van der Waals surface area contributed by atoms with Crippen molar-refractivity contribution in [3.63, 3.8) is 0 Å². The smallest absolute Gasteiger partial charge is 0.254 e. The lowest BCUT2D eigenvalue weighted by Gasteiger charge is -2.37. The van der Waals surface area contributed by atoms with Gasteiger partial charge in [0.05, 0.1) is 13.2 Å². The van der Waals surface area contributed by atoms with Gasteiger partial charge in [0.2, 0.25) is 5.91 Å². The molecule has 0 N–H and O–H groups in total. The molecule has 1 unspecified atom stereocenters. The second-order valence-electron chi connectivity index (χ2n) is 9.11. The zero-order chi connectivity index (χ0) is 24.2. The van der Waals surface area contributed by atoms with Crippen molar-refractivity contribution >= 4 is 23.2 Å². The molecule has 3 aromatic rings. The third kappa shape index (κ3) is 5.35. The Kier molecular flexibility index (Phi) is 7.04. The molecule has 0 saturated heterocycles. The topological polar surface area (TPSA) is 59.1 Å². The number of ether oxygens (including phenoxy) is 2. The van der Waals surface area contributed by atoms with Gasteiger partial charge in [-0.2, -0.15) is 0 Å². The zero-order valence-corrected chi connectivity index (χ0v) is 20.7. The minimum absolute atomic E-state index is 0.0413. The molecule has 1 saturated carbocycles. The Labute approximate surface area is 210 Å². The average Bonchev–Trinajstić information content (AvgIpc) is 3.59. The Hall–Kier alpha value is -3.32. The second kappa shape index (κ2) is 10.5. The molecule has 2 aromatic carbocycles. The highest BCUT2D eigenvalue weighted by molar-refractivity contribution is 7.10. The maximum absolute atomic E-state index is 13.7. The van der Waals surface area contributed by atoms with Crippen molar-refractivity contribution in [2.75, 3.05) is 33.4 Å². The molecule has 0 radical (unpaired) electrons. The maximum atomic E-state index is 13.7. The van der Waals surface area contributed by atoms with Crippen molar-refractivity contribution in [3.05, 3.63) is 82.0 Å². The fraction of sp³-hybridized carbons (Fsp3) is 0.357. The maximum Gasteiger partial charge on any atom is 0.254 e. The number of amides is 2. The molecule has 1 fully saturated rings. The summed E-state index contributed by atoms with van der Waals surface area (Å²) in [5.41, 5.74) is 1.75. The number of carbonyl (C=O) groups is 2. The fourth-order valence-corrected chi connectivity index (χ4v) is 5.56. The summed E-state index contributed by atoms with van der Waals surface area (Å²) in [6, 6.07) is 18.7. The highest BCUT2D eigenvalue weighted by Gasteiger charge is 2.35. The molecule has 0 bridgehead atoms.